The zero-order chi connectivity index (χ0) is 17.9. The average molecular weight is 377 g/mol. The Morgan fingerprint density at radius 1 is 1.12 bits per heavy atom. The van der Waals surface area contributed by atoms with Crippen molar-refractivity contribution in [1.29, 1.82) is 0 Å². The molecular weight excluding hydrogens is 362 g/mol. The van der Waals surface area contributed by atoms with Crippen molar-refractivity contribution in [1.82, 2.24) is 14.8 Å². The first-order chi connectivity index (χ1) is 12.0. The van der Waals surface area contributed by atoms with Crippen LogP contribution in [0.5, 0.6) is 5.75 Å². The van der Waals surface area contributed by atoms with Gasteiger partial charge in [-0.25, -0.2) is 8.42 Å². The van der Waals surface area contributed by atoms with Crippen molar-refractivity contribution >= 4 is 27.3 Å². The molecule has 0 fully saturated rings. The van der Waals surface area contributed by atoms with E-state index in [0.29, 0.717) is 16.3 Å². The summed E-state index contributed by atoms with van der Waals surface area (Å²) in [6.45, 7) is 0. The lowest BCUT2D eigenvalue weighted by molar-refractivity contribution is 0.0949. The van der Waals surface area contributed by atoms with Crippen molar-refractivity contribution in [2.45, 2.75) is 4.90 Å². The molecule has 3 rings (SSSR count). The Morgan fingerprint density at radius 3 is 2.44 bits per heavy atom. The minimum Gasteiger partial charge on any atom is -0.497 e. The second kappa shape index (κ2) is 7.09. The maximum absolute atomic E-state index is 12.3. The van der Waals surface area contributed by atoms with E-state index in [1.165, 1.54) is 42.7 Å². The third-order valence-corrected chi connectivity index (χ3v) is 5.57. The number of carbonyl (C=O) groups is 1. The number of nitrogens with zero attached hydrogens (tertiary/aromatic N) is 1. The Hall–Kier alpha value is -2.62. The van der Waals surface area contributed by atoms with Gasteiger partial charge in [-0.2, -0.15) is 0 Å². The number of hydrogen-bond donors (Lipinski definition) is 2. The van der Waals surface area contributed by atoms with Gasteiger partial charge in [-0.3, -0.25) is 10.2 Å². The molecule has 1 amide bonds. The smallest absolute Gasteiger partial charge is 0.278 e. The van der Waals surface area contributed by atoms with Gasteiger partial charge >= 0.3 is 0 Å². The highest BCUT2D eigenvalue weighted by Gasteiger charge is 2.18. The van der Waals surface area contributed by atoms with Crippen molar-refractivity contribution in [2.24, 2.45) is 0 Å². The predicted octanol–water partition coefficient (Wildman–Crippen LogP) is 2.17. The molecule has 25 heavy (non-hydrogen) atoms. The number of ether oxygens (including phenoxy) is 1. The van der Waals surface area contributed by atoms with Gasteiger partial charge in [0.1, 0.15) is 10.6 Å². The van der Waals surface area contributed by atoms with Gasteiger partial charge in [0.25, 0.3) is 15.9 Å². The molecule has 9 heteroatoms. The number of nitrogens with one attached hydrogen (secondary N) is 2. The summed E-state index contributed by atoms with van der Waals surface area (Å²) in [6.07, 6.45) is 3.61. The Morgan fingerprint density at radius 2 is 1.80 bits per heavy atom. The number of aromatic nitrogens is 1. The molecule has 0 radical (unpaired) electrons. The summed E-state index contributed by atoms with van der Waals surface area (Å²) < 4.78 is 31.3. The summed E-state index contributed by atoms with van der Waals surface area (Å²) in [7, 11) is -2.39. The highest BCUT2D eigenvalue weighted by molar-refractivity contribution is 7.89. The molecule has 0 saturated carbocycles. The minimum atomic E-state index is -3.88. The lowest BCUT2D eigenvalue weighted by Gasteiger charge is -2.09. The van der Waals surface area contributed by atoms with E-state index >= 15 is 0 Å². The van der Waals surface area contributed by atoms with Gasteiger partial charge < -0.3 is 9.30 Å². The quantitative estimate of drug-likeness (QED) is 0.644. The second-order valence-corrected chi connectivity index (χ2v) is 7.56. The van der Waals surface area contributed by atoms with Crippen LogP contribution in [0.25, 0.3) is 5.69 Å². The lowest BCUT2D eigenvalue weighted by Crippen LogP contribution is -2.41. The number of amides is 1. The van der Waals surface area contributed by atoms with Gasteiger partial charge in [0.2, 0.25) is 0 Å². The molecule has 0 saturated heterocycles. The Labute approximate surface area is 148 Å². The molecule has 3 aromatic rings. The fraction of sp³-hybridized carbons (Fsp3) is 0.0625. The summed E-state index contributed by atoms with van der Waals surface area (Å²) in [5.41, 5.74) is 2.92. The summed E-state index contributed by atoms with van der Waals surface area (Å²) in [5.74, 6) is 0.00808. The van der Waals surface area contributed by atoms with Crippen LogP contribution in [-0.2, 0) is 10.0 Å². The fourth-order valence-electron chi connectivity index (χ4n) is 2.15. The first-order valence-electron chi connectivity index (χ1n) is 7.18. The highest BCUT2D eigenvalue weighted by Crippen LogP contribution is 2.21. The minimum absolute atomic E-state index is 0.0189. The van der Waals surface area contributed by atoms with Crippen LogP contribution in [0.2, 0.25) is 0 Å². The van der Waals surface area contributed by atoms with Crippen LogP contribution in [0.15, 0.2) is 65.1 Å². The standard InChI is InChI=1S/C16H15N3O4S2/c1-23-12-4-6-13(7-5-12)25(21,22)18-17-16(20)15-14(8-11-24-15)19-9-2-3-10-19/h2-11,18H,1H3,(H,17,20). The number of hydrazine groups is 1. The molecule has 0 aliphatic rings. The topological polar surface area (TPSA) is 89.4 Å². The summed E-state index contributed by atoms with van der Waals surface area (Å²) in [5, 5.41) is 1.77. The maximum atomic E-state index is 12.3. The molecular formula is C16H15N3O4S2. The zero-order valence-electron chi connectivity index (χ0n) is 13.2. The number of rotatable bonds is 6. The van der Waals surface area contributed by atoms with E-state index in [0.717, 1.165) is 0 Å². The summed E-state index contributed by atoms with van der Waals surface area (Å²) >= 11 is 1.22. The van der Waals surface area contributed by atoms with E-state index in [2.05, 4.69) is 10.3 Å². The number of hydrogen-bond acceptors (Lipinski definition) is 5. The molecule has 1 aromatic carbocycles. The molecule has 7 nitrogen and oxygen atoms in total. The molecule has 0 atom stereocenters. The number of benzene rings is 1. The van der Waals surface area contributed by atoms with Crippen molar-refractivity contribution in [3.05, 3.63) is 65.1 Å². The lowest BCUT2D eigenvalue weighted by atomic mass is 10.3. The Bertz CT molecular complexity index is 961. The molecule has 2 aromatic heterocycles. The number of carbonyl (C=O) groups excluding carboxylic acids is 1. The van der Waals surface area contributed by atoms with Gasteiger partial charge in [0.05, 0.1) is 17.7 Å². The molecule has 0 aliphatic carbocycles. The molecule has 130 valence electrons. The van der Waals surface area contributed by atoms with Crippen LogP contribution in [0.3, 0.4) is 0 Å². The normalized spacial score (nSPS) is 11.2. The van der Waals surface area contributed by atoms with Crippen LogP contribution < -0.4 is 15.0 Å². The van der Waals surface area contributed by atoms with Crippen LogP contribution in [0.1, 0.15) is 9.67 Å². The van der Waals surface area contributed by atoms with Gasteiger partial charge in [0, 0.05) is 12.4 Å². The van der Waals surface area contributed by atoms with Gasteiger partial charge in [0.15, 0.2) is 0 Å². The van der Waals surface area contributed by atoms with Crippen LogP contribution in [0.4, 0.5) is 0 Å². The number of sulfonamides is 1. The molecule has 0 unspecified atom stereocenters. The number of methoxy groups -OCH3 is 1. The molecule has 2 heterocycles. The van der Waals surface area contributed by atoms with Crippen molar-refractivity contribution in [3.63, 3.8) is 0 Å². The van der Waals surface area contributed by atoms with E-state index in [4.69, 9.17) is 4.74 Å². The predicted molar refractivity (Wildman–Crippen MR) is 94.4 cm³/mol. The SMILES string of the molecule is COc1ccc(S(=O)(=O)NNC(=O)c2sccc2-n2cccc2)cc1. The summed E-state index contributed by atoms with van der Waals surface area (Å²) in [4.78, 5) is 14.9. The molecule has 2 N–H and O–H groups in total. The van der Waals surface area contributed by atoms with Crippen LogP contribution in [-0.4, -0.2) is 26.0 Å². The van der Waals surface area contributed by atoms with Crippen LogP contribution >= 0.6 is 11.3 Å². The van der Waals surface area contributed by atoms with Crippen LogP contribution in [0, 0.1) is 0 Å². The third kappa shape index (κ3) is 3.73. The van der Waals surface area contributed by atoms with Gasteiger partial charge in [-0.15, -0.1) is 16.2 Å². The average Bonchev–Trinajstić information content (AvgIpc) is 3.30. The summed E-state index contributed by atoms with van der Waals surface area (Å²) in [6, 6.07) is 11.3. The maximum Gasteiger partial charge on any atom is 0.278 e. The third-order valence-electron chi connectivity index (χ3n) is 3.40. The van der Waals surface area contributed by atoms with E-state index < -0.39 is 15.9 Å². The first kappa shape index (κ1) is 17.2. The van der Waals surface area contributed by atoms with Crippen molar-refractivity contribution < 1.29 is 17.9 Å². The monoisotopic (exact) mass is 377 g/mol. The zero-order valence-corrected chi connectivity index (χ0v) is 14.8. The number of thiophene rings is 1. The Balaban J connectivity index is 1.73. The molecule has 0 aliphatic heterocycles. The fourth-order valence-corrected chi connectivity index (χ4v) is 3.78. The van der Waals surface area contributed by atoms with Crippen molar-refractivity contribution in [2.75, 3.05) is 7.11 Å². The molecule has 0 bridgehead atoms. The van der Waals surface area contributed by atoms with E-state index in [1.807, 2.05) is 12.1 Å². The Kier molecular flexibility index (Phi) is 4.88. The highest BCUT2D eigenvalue weighted by atomic mass is 32.2. The van der Waals surface area contributed by atoms with E-state index in [9.17, 15) is 13.2 Å². The second-order valence-electron chi connectivity index (χ2n) is 4.96. The largest absolute Gasteiger partial charge is 0.497 e. The first-order valence-corrected chi connectivity index (χ1v) is 9.54. The van der Waals surface area contributed by atoms with Gasteiger partial charge in [-0.05, 0) is 47.8 Å². The van der Waals surface area contributed by atoms with Gasteiger partial charge in [-0.1, -0.05) is 0 Å². The van der Waals surface area contributed by atoms with E-state index in [-0.39, 0.29) is 4.90 Å². The molecule has 0 spiro atoms. The van der Waals surface area contributed by atoms with E-state index in [1.54, 1.807) is 28.4 Å². The van der Waals surface area contributed by atoms with Crippen molar-refractivity contribution in [3.8, 4) is 11.4 Å².